The monoisotopic (exact) mass is 692 g/mol. The number of rotatable bonds is 10. The molecule has 2 N–H and O–H groups in total. The lowest BCUT2D eigenvalue weighted by atomic mass is 9.99. The lowest BCUT2D eigenvalue weighted by molar-refractivity contribution is -0.245. The third-order valence-corrected chi connectivity index (χ3v) is 9.05. The molecule has 1 saturated heterocycles. The summed E-state index contributed by atoms with van der Waals surface area (Å²) in [6.45, 7) is -0.306. The number of aromatic nitrogens is 1. The van der Waals surface area contributed by atoms with Crippen LogP contribution in [0.3, 0.4) is 0 Å². The van der Waals surface area contributed by atoms with Gasteiger partial charge >= 0.3 is 0 Å². The highest BCUT2D eigenvalue weighted by Crippen LogP contribution is 2.40. The topological polar surface area (TPSA) is 80.7 Å². The Kier molecular flexibility index (Phi) is 10.7. The van der Waals surface area contributed by atoms with Crippen molar-refractivity contribution < 1.29 is 41.3 Å². The summed E-state index contributed by atoms with van der Waals surface area (Å²) < 4.78 is 81.9. The third-order valence-electron chi connectivity index (χ3n) is 7.98. The Labute approximate surface area is 282 Å². The molecular weight excluding hydrogens is 663 g/mol. The van der Waals surface area contributed by atoms with Crippen LogP contribution >= 0.6 is 11.8 Å². The molecule has 1 fully saturated rings. The van der Waals surface area contributed by atoms with E-state index in [4.69, 9.17) is 9.47 Å². The first kappa shape index (κ1) is 34.3. The van der Waals surface area contributed by atoms with Gasteiger partial charge in [-0.1, -0.05) is 66.7 Å². The summed E-state index contributed by atoms with van der Waals surface area (Å²) in [6, 6.07) is 27.8. The van der Waals surface area contributed by atoms with E-state index in [0.717, 1.165) is 32.8 Å². The van der Waals surface area contributed by atoms with E-state index in [-0.39, 0.29) is 25.4 Å². The van der Waals surface area contributed by atoms with Crippen LogP contribution in [0, 0.1) is 29.1 Å². The zero-order chi connectivity index (χ0) is 34.5. The van der Waals surface area contributed by atoms with E-state index in [1.165, 1.54) is 0 Å². The summed E-state index contributed by atoms with van der Waals surface area (Å²) >= 11 is 1.59. The number of carbonyl (C=O) groups is 1. The summed E-state index contributed by atoms with van der Waals surface area (Å²) in [5.74, 6) is -11.9. The molecule has 1 aromatic heterocycles. The lowest BCUT2D eigenvalue weighted by Gasteiger charge is -2.36. The molecule has 1 amide bonds. The largest absolute Gasteiger partial charge is 0.392 e. The Morgan fingerprint density at radius 2 is 1.47 bits per heavy atom. The number of nitrogens with zero attached hydrogens (tertiary/aromatic N) is 1. The molecule has 0 spiro atoms. The van der Waals surface area contributed by atoms with Crippen LogP contribution in [0.2, 0.25) is 0 Å². The molecule has 12 heteroatoms. The van der Waals surface area contributed by atoms with Gasteiger partial charge in [-0.25, -0.2) is 26.9 Å². The summed E-state index contributed by atoms with van der Waals surface area (Å²) in [5, 5.41) is 12.6. The smallest absolute Gasteiger partial charge is 0.257 e. The maximum Gasteiger partial charge on any atom is 0.257 e. The number of thioether (sulfide) groups is 1. The van der Waals surface area contributed by atoms with Crippen molar-refractivity contribution in [2.45, 2.75) is 43.1 Å². The highest BCUT2D eigenvalue weighted by atomic mass is 32.2. The summed E-state index contributed by atoms with van der Waals surface area (Å²) in [7, 11) is 0. The zero-order valence-corrected chi connectivity index (χ0v) is 26.5. The Balaban J connectivity index is 1.20. The Hall–Kier alpha value is -4.62. The van der Waals surface area contributed by atoms with Gasteiger partial charge in [-0.15, -0.1) is 11.8 Å². The molecule has 6 rings (SSSR count). The number of ether oxygens (including phenoxy) is 2. The first-order valence-electron chi connectivity index (χ1n) is 15.2. The van der Waals surface area contributed by atoms with E-state index in [1.807, 2.05) is 72.8 Å². The quantitative estimate of drug-likeness (QED) is 0.0665. The molecular formula is C37H29F5N2O4S. The molecule has 1 aliphatic heterocycles. The molecule has 0 unspecified atom stereocenters. The van der Waals surface area contributed by atoms with E-state index >= 15 is 0 Å². The van der Waals surface area contributed by atoms with Crippen LogP contribution in [-0.4, -0.2) is 27.9 Å². The highest BCUT2D eigenvalue weighted by Gasteiger charge is 2.33. The van der Waals surface area contributed by atoms with Crippen molar-refractivity contribution in [1.29, 1.82) is 0 Å². The molecule has 0 aliphatic carbocycles. The zero-order valence-electron chi connectivity index (χ0n) is 25.7. The maximum atomic E-state index is 14.1. The average Bonchev–Trinajstić information content (AvgIpc) is 3.15. The van der Waals surface area contributed by atoms with Gasteiger partial charge in [0.1, 0.15) is 5.56 Å². The van der Waals surface area contributed by atoms with E-state index in [2.05, 4.69) is 10.3 Å². The van der Waals surface area contributed by atoms with E-state index in [1.54, 1.807) is 36.2 Å². The summed E-state index contributed by atoms with van der Waals surface area (Å²) in [5.41, 5.74) is 2.99. The van der Waals surface area contributed by atoms with Crippen molar-refractivity contribution >= 4 is 17.7 Å². The normalized spacial score (nSPS) is 17.6. The van der Waals surface area contributed by atoms with Gasteiger partial charge < -0.3 is 19.9 Å². The Morgan fingerprint density at radius 3 is 2.16 bits per heavy atom. The highest BCUT2D eigenvalue weighted by molar-refractivity contribution is 7.99. The first-order valence-corrected chi connectivity index (χ1v) is 16.2. The van der Waals surface area contributed by atoms with E-state index in [0.29, 0.717) is 17.7 Å². The van der Waals surface area contributed by atoms with E-state index in [9.17, 15) is 31.9 Å². The van der Waals surface area contributed by atoms with Gasteiger partial charge in [0.05, 0.1) is 23.8 Å². The molecule has 3 atom stereocenters. The lowest BCUT2D eigenvalue weighted by Crippen LogP contribution is -2.31. The number of amides is 1. The second-order valence-electron chi connectivity index (χ2n) is 11.3. The second kappa shape index (κ2) is 15.3. The van der Waals surface area contributed by atoms with Crippen molar-refractivity contribution in [3.8, 4) is 11.1 Å². The predicted molar refractivity (Wildman–Crippen MR) is 173 cm³/mol. The van der Waals surface area contributed by atoms with Crippen LogP contribution < -0.4 is 5.32 Å². The van der Waals surface area contributed by atoms with Gasteiger partial charge in [-0.3, -0.25) is 4.79 Å². The molecule has 5 aromatic rings. The van der Waals surface area contributed by atoms with Gasteiger partial charge in [0.15, 0.2) is 29.6 Å². The van der Waals surface area contributed by atoms with Crippen molar-refractivity contribution in [3.63, 3.8) is 0 Å². The number of pyridine rings is 1. The van der Waals surface area contributed by atoms with Crippen LogP contribution in [0.4, 0.5) is 22.0 Å². The van der Waals surface area contributed by atoms with Gasteiger partial charge in [-0.2, -0.15) is 0 Å². The average molecular weight is 693 g/mol. The van der Waals surface area contributed by atoms with Gasteiger partial charge in [0, 0.05) is 30.5 Å². The predicted octanol–water partition coefficient (Wildman–Crippen LogP) is 8.20. The van der Waals surface area contributed by atoms with Crippen LogP contribution in [0.5, 0.6) is 0 Å². The van der Waals surface area contributed by atoms with Gasteiger partial charge in [-0.05, 0) is 52.1 Å². The third kappa shape index (κ3) is 7.83. The van der Waals surface area contributed by atoms with Crippen LogP contribution in [0.1, 0.15) is 51.4 Å². The van der Waals surface area contributed by atoms with Crippen molar-refractivity contribution in [2.24, 2.45) is 0 Å². The molecule has 4 aromatic carbocycles. The molecule has 2 heterocycles. The van der Waals surface area contributed by atoms with Crippen molar-refractivity contribution in [1.82, 2.24) is 10.3 Å². The minimum atomic E-state index is -2.34. The standard InChI is InChI=1S/C37H29F5N2O4S/c38-31-30(32(39)34(41)35(42)33(31)40)36(46)44-18-22-5-3-6-24(15-22)25-7-4-8-26(16-25)37-47-27(20-49-29-9-1-2-14-43-29)17-28(48-37)23-12-10-21(19-45)11-13-23/h1-16,27-28,37,45H,17-20H2,(H,44,46)/t27-,28+,37+/m1/s1. The first-order chi connectivity index (χ1) is 23.7. The van der Waals surface area contributed by atoms with Crippen LogP contribution in [-0.2, 0) is 22.6 Å². The number of aliphatic hydroxyl groups is 1. The van der Waals surface area contributed by atoms with E-state index < -0.39 is 46.8 Å². The number of benzene rings is 4. The van der Waals surface area contributed by atoms with Gasteiger partial charge in [0.25, 0.3) is 5.91 Å². The van der Waals surface area contributed by atoms with Crippen LogP contribution in [0.15, 0.2) is 102 Å². The molecule has 252 valence electrons. The summed E-state index contributed by atoms with van der Waals surface area (Å²) in [6.07, 6.45) is 1.17. The van der Waals surface area contributed by atoms with Gasteiger partial charge in [0.2, 0.25) is 5.82 Å². The Bertz CT molecular complexity index is 1920. The molecule has 6 nitrogen and oxygen atoms in total. The maximum absolute atomic E-state index is 14.1. The second-order valence-corrected chi connectivity index (χ2v) is 12.3. The van der Waals surface area contributed by atoms with Crippen molar-refractivity contribution in [2.75, 3.05) is 5.75 Å². The number of halogens is 5. The fourth-order valence-corrected chi connectivity index (χ4v) is 6.32. The SMILES string of the molecule is O=C(NCc1cccc(-c2cccc([C@H]3O[C@@H](CSc4ccccn4)C[C@@H](c4ccc(CO)cc4)O3)c2)c1)c1c(F)c(F)c(F)c(F)c1F. The fraction of sp³-hybridized carbons (Fsp3) is 0.189. The molecule has 0 saturated carbocycles. The number of aliphatic hydroxyl groups excluding tert-OH is 1. The van der Waals surface area contributed by atoms with Crippen LogP contribution in [0.25, 0.3) is 11.1 Å². The number of nitrogens with one attached hydrogen (secondary N) is 1. The fourth-order valence-electron chi connectivity index (χ4n) is 5.43. The number of hydrogen-bond acceptors (Lipinski definition) is 6. The molecule has 0 radical (unpaired) electrons. The minimum absolute atomic E-state index is 0.0629. The van der Waals surface area contributed by atoms with Crippen molar-refractivity contribution in [3.05, 3.63) is 154 Å². The molecule has 49 heavy (non-hydrogen) atoms. The minimum Gasteiger partial charge on any atom is -0.392 e. The summed E-state index contributed by atoms with van der Waals surface area (Å²) in [4.78, 5) is 16.9. The molecule has 1 aliphatic rings. The Morgan fingerprint density at radius 1 is 0.776 bits per heavy atom. The number of carbonyl (C=O) groups excluding carboxylic acids is 1. The molecule has 0 bridgehead atoms. The number of hydrogen-bond donors (Lipinski definition) is 2.